The number of hydrogen-bond donors (Lipinski definition) is 3. The van der Waals surface area contributed by atoms with Gasteiger partial charge in [-0.2, -0.15) is 0 Å². The van der Waals surface area contributed by atoms with Crippen molar-refractivity contribution in [1.29, 1.82) is 0 Å². The third kappa shape index (κ3) is 3.17. The molecule has 0 amide bonds. The molecule has 2 rings (SSSR count). The topological polar surface area (TPSA) is 98.9 Å². The zero-order valence-electron chi connectivity index (χ0n) is 11.3. The van der Waals surface area contributed by atoms with Crippen LogP contribution in [0.1, 0.15) is 13.3 Å². The van der Waals surface area contributed by atoms with Crippen LogP contribution in [0, 0.1) is 10.1 Å². The lowest BCUT2D eigenvalue weighted by Gasteiger charge is -2.18. The lowest BCUT2D eigenvalue weighted by molar-refractivity contribution is -0.384. The average molecular weight is 281 g/mol. The first-order chi connectivity index (χ1) is 9.51. The number of anilines is 2. The van der Waals surface area contributed by atoms with Crippen molar-refractivity contribution in [2.75, 3.05) is 29.9 Å². The van der Waals surface area contributed by atoms with Crippen molar-refractivity contribution >= 4 is 17.1 Å². The molecule has 1 aliphatic heterocycles. The molecule has 1 aromatic carbocycles. The van der Waals surface area contributed by atoms with Crippen LogP contribution in [-0.2, 0) is 0 Å². The van der Waals surface area contributed by atoms with E-state index >= 15 is 0 Å². The minimum atomic E-state index is -0.818. The molecule has 1 heterocycles. The first-order valence-corrected chi connectivity index (χ1v) is 6.65. The Morgan fingerprint density at radius 3 is 2.55 bits per heavy atom. The summed E-state index contributed by atoms with van der Waals surface area (Å²) in [4.78, 5) is 12.3. The molecule has 7 heteroatoms. The van der Waals surface area contributed by atoms with Crippen LogP contribution in [0.5, 0.6) is 0 Å². The van der Waals surface area contributed by atoms with E-state index in [4.69, 9.17) is 0 Å². The number of non-ortho nitro benzene ring substituents is 1. The van der Waals surface area contributed by atoms with E-state index in [2.05, 4.69) is 5.32 Å². The molecule has 110 valence electrons. The second-order valence-electron chi connectivity index (χ2n) is 4.96. The average Bonchev–Trinajstić information content (AvgIpc) is 2.76. The minimum absolute atomic E-state index is 0.00279. The molecular weight excluding hydrogens is 262 g/mol. The van der Waals surface area contributed by atoms with Gasteiger partial charge in [-0.05, 0) is 12.5 Å². The van der Waals surface area contributed by atoms with Gasteiger partial charge < -0.3 is 20.4 Å². The van der Waals surface area contributed by atoms with Crippen LogP contribution in [-0.4, -0.2) is 47.0 Å². The van der Waals surface area contributed by atoms with E-state index in [9.17, 15) is 20.3 Å². The molecule has 0 spiro atoms. The van der Waals surface area contributed by atoms with Gasteiger partial charge in [0.05, 0.1) is 17.1 Å². The number of aliphatic hydroxyl groups excluding tert-OH is 2. The van der Waals surface area contributed by atoms with E-state index in [1.165, 1.54) is 12.1 Å². The Morgan fingerprint density at radius 1 is 1.35 bits per heavy atom. The number of β-amino-alcohol motifs (C(OH)–C–C–N with tert-alkyl or cyclic N) is 2. The molecule has 0 aromatic heterocycles. The lowest BCUT2D eigenvalue weighted by atomic mass is 10.2. The number of benzene rings is 1. The zero-order chi connectivity index (χ0) is 14.7. The fraction of sp³-hybridized carbons (Fsp3) is 0.538. The SMILES string of the molecule is CCCNc1cc(N2CC(O)C(O)C2)cc([N+](=O)[O-])c1. The van der Waals surface area contributed by atoms with Gasteiger partial charge in [0.15, 0.2) is 0 Å². The smallest absolute Gasteiger partial charge is 0.273 e. The van der Waals surface area contributed by atoms with Gasteiger partial charge in [-0.25, -0.2) is 0 Å². The van der Waals surface area contributed by atoms with Crippen molar-refractivity contribution in [2.45, 2.75) is 25.6 Å². The van der Waals surface area contributed by atoms with E-state index < -0.39 is 17.1 Å². The van der Waals surface area contributed by atoms with Crippen LogP contribution in [0.3, 0.4) is 0 Å². The Hall–Kier alpha value is -1.86. The van der Waals surface area contributed by atoms with E-state index in [1.807, 2.05) is 6.92 Å². The van der Waals surface area contributed by atoms with Crippen LogP contribution < -0.4 is 10.2 Å². The second kappa shape index (κ2) is 6.06. The Bertz CT molecular complexity index is 485. The van der Waals surface area contributed by atoms with Crippen molar-refractivity contribution in [3.8, 4) is 0 Å². The number of aliphatic hydroxyl groups is 2. The van der Waals surface area contributed by atoms with Crippen LogP contribution in [0.15, 0.2) is 18.2 Å². The zero-order valence-corrected chi connectivity index (χ0v) is 11.3. The maximum Gasteiger partial charge on any atom is 0.273 e. The van der Waals surface area contributed by atoms with Gasteiger partial charge >= 0.3 is 0 Å². The quantitative estimate of drug-likeness (QED) is 0.549. The minimum Gasteiger partial charge on any atom is -0.389 e. The molecule has 0 bridgehead atoms. The molecule has 1 fully saturated rings. The highest BCUT2D eigenvalue weighted by Gasteiger charge is 2.30. The predicted octanol–water partition coefficient (Wildman–Crippen LogP) is 0.958. The van der Waals surface area contributed by atoms with E-state index in [-0.39, 0.29) is 18.8 Å². The Morgan fingerprint density at radius 2 is 2.00 bits per heavy atom. The Balaban J connectivity index is 2.27. The molecule has 0 saturated carbocycles. The molecule has 1 aliphatic rings. The van der Waals surface area contributed by atoms with Crippen molar-refractivity contribution in [1.82, 2.24) is 0 Å². The lowest BCUT2D eigenvalue weighted by Crippen LogP contribution is -2.22. The van der Waals surface area contributed by atoms with Crippen LogP contribution in [0.4, 0.5) is 17.1 Å². The second-order valence-corrected chi connectivity index (χ2v) is 4.96. The predicted molar refractivity (Wildman–Crippen MR) is 76.1 cm³/mol. The summed E-state index contributed by atoms with van der Waals surface area (Å²) in [7, 11) is 0. The summed E-state index contributed by atoms with van der Waals surface area (Å²) < 4.78 is 0. The Kier molecular flexibility index (Phi) is 4.41. The molecule has 1 saturated heterocycles. The van der Waals surface area contributed by atoms with E-state index in [0.29, 0.717) is 11.4 Å². The number of nitro benzene ring substituents is 1. The summed E-state index contributed by atoms with van der Waals surface area (Å²) in [6, 6.07) is 4.75. The molecule has 3 N–H and O–H groups in total. The van der Waals surface area contributed by atoms with Crippen LogP contribution >= 0.6 is 0 Å². The van der Waals surface area contributed by atoms with E-state index in [0.717, 1.165) is 13.0 Å². The van der Waals surface area contributed by atoms with Crippen molar-refractivity contribution in [2.24, 2.45) is 0 Å². The van der Waals surface area contributed by atoms with Crippen molar-refractivity contribution in [3.05, 3.63) is 28.3 Å². The molecule has 2 unspecified atom stereocenters. The van der Waals surface area contributed by atoms with Crippen LogP contribution in [0.2, 0.25) is 0 Å². The first kappa shape index (κ1) is 14.5. The van der Waals surface area contributed by atoms with Gasteiger partial charge in [0.1, 0.15) is 0 Å². The van der Waals surface area contributed by atoms with Crippen LogP contribution in [0.25, 0.3) is 0 Å². The number of hydrogen-bond acceptors (Lipinski definition) is 6. The van der Waals surface area contributed by atoms with Gasteiger partial charge in [-0.15, -0.1) is 0 Å². The highest BCUT2D eigenvalue weighted by Crippen LogP contribution is 2.29. The molecule has 2 atom stereocenters. The molecular formula is C13H19N3O4. The summed E-state index contributed by atoms with van der Waals surface area (Å²) in [6.07, 6.45) is -0.721. The molecule has 0 aliphatic carbocycles. The van der Waals surface area contributed by atoms with Gasteiger partial charge in [-0.3, -0.25) is 10.1 Å². The summed E-state index contributed by atoms with van der Waals surface area (Å²) >= 11 is 0. The highest BCUT2D eigenvalue weighted by molar-refractivity contribution is 5.65. The number of rotatable bonds is 5. The van der Waals surface area contributed by atoms with Gasteiger partial charge in [0.25, 0.3) is 5.69 Å². The highest BCUT2D eigenvalue weighted by atomic mass is 16.6. The van der Waals surface area contributed by atoms with Gasteiger partial charge in [-0.1, -0.05) is 6.92 Å². The summed E-state index contributed by atoms with van der Waals surface area (Å²) in [5.74, 6) is 0. The third-order valence-electron chi connectivity index (χ3n) is 3.32. The first-order valence-electron chi connectivity index (χ1n) is 6.65. The maximum atomic E-state index is 11.0. The summed E-state index contributed by atoms with van der Waals surface area (Å²) in [6.45, 7) is 3.29. The summed E-state index contributed by atoms with van der Waals surface area (Å²) in [5, 5.41) is 33.3. The largest absolute Gasteiger partial charge is 0.389 e. The third-order valence-corrected chi connectivity index (χ3v) is 3.32. The molecule has 20 heavy (non-hydrogen) atoms. The molecule has 0 radical (unpaired) electrons. The normalized spacial score (nSPS) is 22.1. The standard InChI is InChI=1S/C13H19N3O4/c1-2-3-14-9-4-10(6-11(5-9)16(19)20)15-7-12(17)13(18)8-15/h4-6,12-14,17-18H,2-3,7-8H2,1H3. The van der Waals surface area contributed by atoms with Gasteiger partial charge in [0, 0.05) is 43.1 Å². The monoisotopic (exact) mass is 281 g/mol. The number of nitrogens with one attached hydrogen (secondary N) is 1. The fourth-order valence-electron chi connectivity index (χ4n) is 2.23. The molecule has 1 aromatic rings. The van der Waals surface area contributed by atoms with Crippen molar-refractivity contribution < 1.29 is 15.1 Å². The van der Waals surface area contributed by atoms with E-state index in [1.54, 1.807) is 11.0 Å². The number of nitrogens with zero attached hydrogens (tertiary/aromatic N) is 2. The number of nitro groups is 1. The molecule has 7 nitrogen and oxygen atoms in total. The van der Waals surface area contributed by atoms with Crippen molar-refractivity contribution in [3.63, 3.8) is 0 Å². The van der Waals surface area contributed by atoms with Gasteiger partial charge in [0.2, 0.25) is 0 Å². The maximum absolute atomic E-state index is 11.0. The summed E-state index contributed by atoms with van der Waals surface area (Å²) in [5.41, 5.74) is 1.30. The fourth-order valence-corrected chi connectivity index (χ4v) is 2.23. The Labute approximate surface area is 117 Å².